The van der Waals surface area contributed by atoms with Gasteiger partial charge >= 0.3 is 119 Å². The van der Waals surface area contributed by atoms with Crippen LogP contribution < -0.4 is 0 Å². The molecule has 3 aliphatic heterocycles. The zero-order valence-corrected chi connectivity index (χ0v) is 15.5. The van der Waals surface area contributed by atoms with Gasteiger partial charge in [-0.2, -0.15) is 0 Å². The Morgan fingerprint density at radius 2 is 1.43 bits per heavy atom. The summed E-state index contributed by atoms with van der Waals surface area (Å²) >= 11 is 7.35. The van der Waals surface area contributed by atoms with Gasteiger partial charge in [-0.3, -0.25) is 0 Å². The maximum atomic E-state index is 2.43. The fourth-order valence-electron chi connectivity index (χ4n) is 1.10. The van der Waals surface area contributed by atoms with Crippen molar-refractivity contribution in [1.82, 2.24) is 0 Å². The van der Waals surface area contributed by atoms with E-state index in [1.165, 1.54) is 11.5 Å². The van der Waals surface area contributed by atoms with Crippen molar-refractivity contribution in [2.75, 3.05) is 11.5 Å². The van der Waals surface area contributed by atoms with Gasteiger partial charge in [0, 0.05) is 0 Å². The second-order valence-corrected chi connectivity index (χ2v) is 16.7. The number of thioether (sulfide) groups is 2. The van der Waals surface area contributed by atoms with Gasteiger partial charge in [0.25, 0.3) is 0 Å². The third-order valence-electron chi connectivity index (χ3n) is 1.66. The average Bonchev–Trinajstić information content (AvgIpc) is 2.86. The molecule has 0 saturated heterocycles. The third-order valence-corrected chi connectivity index (χ3v) is 21.0. The zero-order chi connectivity index (χ0) is 9.38. The standard InChI is InChI=1S/C8H6S2Se4/c1-2-10-6-5(9-1)13-8(14-6)7-11-3-4-12-7/h3-4H,1-2H2. The van der Waals surface area contributed by atoms with Crippen LogP contribution in [-0.2, 0) is 0 Å². The number of rotatable bonds is 0. The molecule has 3 rings (SSSR count). The predicted molar refractivity (Wildman–Crippen MR) is 71.1 cm³/mol. The minimum atomic E-state index is 0.753. The van der Waals surface area contributed by atoms with E-state index in [0.717, 1.165) is 59.8 Å². The first-order valence-corrected chi connectivity index (χ1v) is 13.1. The second kappa shape index (κ2) is 5.10. The van der Waals surface area contributed by atoms with Crippen LogP contribution in [0.25, 0.3) is 0 Å². The van der Waals surface area contributed by atoms with Gasteiger partial charge in [0.1, 0.15) is 0 Å². The van der Waals surface area contributed by atoms with Gasteiger partial charge in [0.2, 0.25) is 0 Å². The molecule has 6 heteroatoms. The Labute approximate surface area is 118 Å². The Hall–Kier alpha value is 2.00. The van der Waals surface area contributed by atoms with Crippen LogP contribution in [0.15, 0.2) is 24.3 Å². The molecule has 0 N–H and O–H groups in total. The van der Waals surface area contributed by atoms with E-state index in [9.17, 15) is 0 Å². The van der Waals surface area contributed by atoms with E-state index in [-0.39, 0.29) is 0 Å². The molecule has 74 valence electrons. The molecule has 0 aromatic heterocycles. The molecule has 0 aromatic carbocycles. The summed E-state index contributed by atoms with van der Waals surface area (Å²) in [5.41, 5.74) is 0. The van der Waals surface area contributed by atoms with E-state index in [4.69, 9.17) is 0 Å². The summed E-state index contributed by atoms with van der Waals surface area (Å²) < 4.78 is 7.41. The van der Waals surface area contributed by atoms with E-state index in [1.807, 2.05) is 6.74 Å². The Morgan fingerprint density at radius 1 is 0.857 bits per heavy atom. The van der Waals surface area contributed by atoms with E-state index in [0.29, 0.717) is 0 Å². The quantitative estimate of drug-likeness (QED) is 0.474. The van der Waals surface area contributed by atoms with Gasteiger partial charge in [-0.1, -0.05) is 0 Å². The Balaban J connectivity index is 1.81. The first-order chi connectivity index (χ1) is 6.93. The van der Waals surface area contributed by atoms with Crippen LogP contribution in [0.1, 0.15) is 0 Å². The van der Waals surface area contributed by atoms with Gasteiger partial charge < -0.3 is 0 Å². The number of hydrogen-bond donors (Lipinski definition) is 0. The van der Waals surface area contributed by atoms with Crippen LogP contribution in [0.2, 0.25) is 0 Å². The van der Waals surface area contributed by atoms with E-state index in [2.05, 4.69) is 33.5 Å². The average molecular weight is 482 g/mol. The summed E-state index contributed by atoms with van der Waals surface area (Å²) in [5.74, 6) is 2.72. The molecule has 0 saturated carbocycles. The normalized spacial score (nSPS) is 26.3. The van der Waals surface area contributed by atoms with Crippen molar-refractivity contribution in [3.8, 4) is 0 Å². The first-order valence-electron chi connectivity index (χ1n) is 4.02. The van der Waals surface area contributed by atoms with E-state index in [1.54, 1.807) is 7.61 Å². The minimum absolute atomic E-state index is 0.753. The molecular weight excluding hydrogens is 476 g/mol. The van der Waals surface area contributed by atoms with Gasteiger partial charge in [-0.05, 0) is 0 Å². The molecule has 0 aromatic rings. The molecule has 0 fully saturated rings. The van der Waals surface area contributed by atoms with Crippen molar-refractivity contribution in [2.24, 2.45) is 0 Å². The van der Waals surface area contributed by atoms with Crippen molar-refractivity contribution in [2.45, 2.75) is 0 Å². The number of hydrogen-bond acceptors (Lipinski definition) is 2. The van der Waals surface area contributed by atoms with Gasteiger partial charge in [-0.25, -0.2) is 0 Å². The molecule has 3 heterocycles. The summed E-state index contributed by atoms with van der Waals surface area (Å²) in [7, 11) is 0. The van der Waals surface area contributed by atoms with Crippen LogP contribution in [0.3, 0.4) is 0 Å². The van der Waals surface area contributed by atoms with Crippen LogP contribution in [-0.4, -0.2) is 71.3 Å². The summed E-state index contributed by atoms with van der Waals surface area (Å²) in [6.45, 7) is 0. The molecular formula is C8H6S2Se4. The Kier molecular flexibility index (Phi) is 4.05. The van der Waals surface area contributed by atoms with Crippen LogP contribution in [0.4, 0.5) is 0 Å². The van der Waals surface area contributed by atoms with Crippen molar-refractivity contribution in [3.05, 3.63) is 24.3 Å². The summed E-state index contributed by atoms with van der Waals surface area (Å²) in [6.07, 6.45) is 0. The fourth-order valence-corrected chi connectivity index (χ4v) is 20.8. The van der Waals surface area contributed by atoms with E-state index < -0.39 is 0 Å². The topological polar surface area (TPSA) is 0 Å². The van der Waals surface area contributed by atoms with Gasteiger partial charge in [0.05, 0.1) is 0 Å². The molecule has 0 aliphatic carbocycles. The van der Waals surface area contributed by atoms with Crippen molar-refractivity contribution >= 4 is 83.4 Å². The predicted octanol–water partition coefficient (Wildman–Crippen LogP) is 1.03. The fraction of sp³-hybridized carbons (Fsp3) is 0.250. The molecule has 3 aliphatic rings. The monoisotopic (exact) mass is 486 g/mol. The Morgan fingerprint density at radius 3 is 2.00 bits per heavy atom. The van der Waals surface area contributed by atoms with E-state index >= 15 is 0 Å². The molecule has 0 bridgehead atoms. The molecule has 0 spiro atoms. The first kappa shape index (κ1) is 11.1. The molecule has 14 heavy (non-hydrogen) atoms. The summed E-state index contributed by atoms with van der Waals surface area (Å²) in [4.78, 5) is 4.86. The zero-order valence-electron chi connectivity index (χ0n) is 7.02. The van der Waals surface area contributed by atoms with Crippen LogP contribution in [0, 0.1) is 0 Å². The second-order valence-electron chi connectivity index (χ2n) is 2.56. The van der Waals surface area contributed by atoms with Crippen molar-refractivity contribution < 1.29 is 0 Å². The summed E-state index contributed by atoms with van der Waals surface area (Å²) in [5, 5.41) is 0. The molecule has 0 unspecified atom stereocenters. The van der Waals surface area contributed by atoms with Crippen molar-refractivity contribution in [1.29, 1.82) is 0 Å². The SMILES string of the molecule is C1=C[Se]C(=C2[Se]C3=C(SCCS3)[Se]2)[Se]1. The van der Waals surface area contributed by atoms with Gasteiger partial charge in [-0.15, -0.1) is 0 Å². The molecule has 0 amide bonds. The van der Waals surface area contributed by atoms with Crippen LogP contribution >= 0.6 is 23.5 Å². The van der Waals surface area contributed by atoms with Crippen molar-refractivity contribution in [3.63, 3.8) is 0 Å². The maximum absolute atomic E-state index is 2.43. The third kappa shape index (κ3) is 2.31. The molecule has 0 atom stereocenters. The summed E-state index contributed by atoms with van der Waals surface area (Å²) in [6, 6.07) is 0. The van der Waals surface area contributed by atoms with Gasteiger partial charge in [0.15, 0.2) is 0 Å². The molecule has 0 radical (unpaired) electrons. The van der Waals surface area contributed by atoms with Crippen LogP contribution in [0.5, 0.6) is 0 Å². The Bertz CT molecular complexity index is 328. The molecule has 0 nitrogen and oxygen atoms in total.